The monoisotopic (exact) mass is 422 g/mol. The molecule has 5 heteroatoms. The second-order valence-electron chi connectivity index (χ2n) is 8.60. The summed E-state index contributed by atoms with van der Waals surface area (Å²) in [7, 11) is 0. The molecule has 1 fully saturated rings. The summed E-state index contributed by atoms with van der Waals surface area (Å²) in [5, 5.41) is 9.74. The van der Waals surface area contributed by atoms with Crippen LogP contribution in [-0.2, 0) is 6.54 Å². The quantitative estimate of drug-likeness (QED) is 0.419. The molecule has 160 valence electrons. The van der Waals surface area contributed by atoms with Crippen molar-refractivity contribution in [3.8, 4) is 28.7 Å². The predicted octanol–water partition coefficient (Wildman–Crippen LogP) is 5.83. The Hall–Kier alpha value is -3.62. The Morgan fingerprint density at radius 3 is 2.44 bits per heavy atom. The van der Waals surface area contributed by atoms with E-state index < -0.39 is 0 Å². The van der Waals surface area contributed by atoms with E-state index in [0.29, 0.717) is 17.0 Å². The third-order valence-corrected chi connectivity index (χ3v) is 6.51. The highest BCUT2D eigenvalue weighted by atomic mass is 16.3. The second-order valence-corrected chi connectivity index (χ2v) is 8.60. The first-order valence-electron chi connectivity index (χ1n) is 11.1. The summed E-state index contributed by atoms with van der Waals surface area (Å²) in [6.45, 7) is 7.18. The largest absolute Gasteiger partial charge is 0.435 e. The van der Waals surface area contributed by atoms with Gasteiger partial charge in [0.25, 0.3) is 0 Å². The lowest BCUT2D eigenvalue weighted by molar-refractivity contribution is 0.331. The van der Waals surface area contributed by atoms with Gasteiger partial charge in [-0.3, -0.25) is 4.90 Å². The SMILES string of the molecule is Cc1c(N)cccc1-c1cccc(-c2nc3cc(CN4CCCC4)cc(C#N)c3o2)c1C. The van der Waals surface area contributed by atoms with Gasteiger partial charge in [0.05, 0.1) is 5.56 Å². The van der Waals surface area contributed by atoms with Crippen LogP contribution in [0.3, 0.4) is 0 Å². The van der Waals surface area contributed by atoms with Gasteiger partial charge in [0, 0.05) is 17.8 Å². The number of rotatable bonds is 4. The lowest BCUT2D eigenvalue weighted by atomic mass is 9.93. The van der Waals surface area contributed by atoms with E-state index in [2.05, 4.69) is 36.1 Å². The number of hydrogen-bond donors (Lipinski definition) is 1. The first-order valence-corrected chi connectivity index (χ1v) is 11.1. The Kier molecular flexibility index (Phi) is 5.16. The van der Waals surface area contributed by atoms with Gasteiger partial charge in [-0.15, -0.1) is 0 Å². The molecule has 5 rings (SSSR count). The first kappa shape index (κ1) is 20.3. The van der Waals surface area contributed by atoms with Gasteiger partial charge in [0.1, 0.15) is 11.6 Å². The molecular formula is C27H26N4O. The summed E-state index contributed by atoms with van der Waals surface area (Å²) in [5.74, 6) is 0.538. The Morgan fingerprint density at radius 2 is 1.69 bits per heavy atom. The van der Waals surface area contributed by atoms with Gasteiger partial charge in [-0.05, 0) is 91.9 Å². The van der Waals surface area contributed by atoms with Crippen LogP contribution in [0.15, 0.2) is 52.9 Å². The molecule has 0 aliphatic carbocycles. The zero-order valence-corrected chi connectivity index (χ0v) is 18.5. The molecule has 0 unspecified atom stereocenters. The molecule has 1 aliphatic rings. The minimum atomic E-state index is 0.538. The molecule has 1 saturated heterocycles. The maximum absolute atomic E-state index is 9.74. The van der Waals surface area contributed by atoms with Crippen molar-refractivity contribution in [2.45, 2.75) is 33.2 Å². The number of fused-ring (bicyclic) bond motifs is 1. The molecule has 0 saturated carbocycles. The number of nitrogens with two attached hydrogens (primary N) is 1. The van der Waals surface area contributed by atoms with Crippen LogP contribution >= 0.6 is 0 Å². The van der Waals surface area contributed by atoms with E-state index in [-0.39, 0.29) is 0 Å². The predicted molar refractivity (Wildman–Crippen MR) is 128 cm³/mol. The summed E-state index contributed by atoms with van der Waals surface area (Å²) in [6.07, 6.45) is 2.48. The van der Waals surface area contributed by atoms with Crippen LogP contribution in [0.25, 0.3) is 33.7 Å². The zero-order chi connectivity index (χ0) is 22.2. The summed E-state index contributed by atoms with van der Waals surface area (Å²) in [6, 6.07) is 18.4. The van der Waals surface area contributed by atoms with Gasteiger partial charge in [0.2, 0.25) is 5.89 Å². The van der Waals surface area contributed by atoms with Gasteiger partial charge in [-0.1, -0.05) is 24.3 Å². The number of likely N-dealkylation sites (tertiary alicyclic amines) is 1. The molecule has 0 radical (unpaired) electrons. The minimum absolute atomic E-state index is 0.538. The van der Waals surface area contributed by atoms with E-state index in [9.17, 15) is 5.26 Å². The smallest absolute Gasteiger partial charge is 0.227 e. The van der Waals surface area contributed by atoms with Crippen molar-refractivity contribution in [1.82, 2.24) is 9.88 Å². The van der Waals surface area contributed by atoms with E-state index >= 15 is 0 Å². The van der Waals surface area contributed by atoms with Crippen molar-refractivity contribution in [3.63, 3.8) is 0 Å². The molecule has 2 N–H and O–H groups in total. The molecule has 5 nitrogen and oxygen atoms in total. The number of anilines is 1. The van der Waals surface area contributed by atoms with Gasteiger partial charge in [0.15, 0.2) is 5.58 Å². The van der Waals surface area contributed by atoms with Crippen molar-refractivity contribution >= 4 is 16.8 Å². The molecule has 1 aliphatic heterocycles. The highest BCUT2D eigenvalue weighted by Gasteiger charge is 2.19. The number of nitrogen functional groups attached to an aromatic ring is 1. The third-order valence-electron chi connectivity index (χ3n) is 6.51. The number of hydrogen-bond acceptors (Lipinski definition) is 5. The lowest BCUT2D eigenvalue weighted by Crippen LogP contribution is -2.18. The van der Waals surface area contributed by atoms with Crippen LogP contribution in [0, 0.1) is 25.2 Å². The molecule has 0 spiro atoms. The van der Waals surface area contributed by atoms with Crippen molar-refractivity contribution < 1.29 is 4.42 Å². The molecular weight excluding hydrogens is 396 g/mol. The van der Waals surface area contributed by atoms with Crippen LogP contribution in [0.1, 0.15) is 35.1 Å². The van der Waals surface area contributed by atoms with E-state index in [4.69, 9.17) is 15.1 Å². The highest BCUT2D eigenvalue weighted by molar-refractivity contribution is 5.85. The van der Waals surface area contributed by atoms with Crippen molar-refractivity contribution in [1.29, 1.82) is 5.26 Å². The van der Waals surface area contributed by atoms with Crippen LogP contribution in [0.2, 0.25) is 0 Å². The number of benzene rings is 3. The van der Waals surface area contributed by atoms with E-state index in [1.54, 1.807) is 0 Å². The molecule has 4 aromatic rings. The van der Waals surface area contributed by atoms with E-state index in [1.807, 2.05) is 37.3 Å². The Bertz CT molecular complexity index is 1360. The van der Waals surface area contributed by atoms with Crippen LogP contribution in [0.5, 0.6) is 0 Å². The average Bonchev–Trinajstić information content (AvgIpc) is 3.45. The third kappa shape index (κ3) is 3.53. The molecule has 2 heterocycles. The van der Waals surface area contributed by atoms with E-state index in [1.165, 1.54) is 12.8 Å². The lowest BCUT2D eigenvalue weighted by Gasteiger charge is -2.14. The molecule has 3 aromatic carbocycles. The Labute approximate surface area is 188 Å². The number of aromatic nitrogens is 1. The number of oxazole rings is 1. The normalized spacial score (nSPS) is 14.2. The molecule has 0 amide bonds. The zero-order valence-electron chi connectivity index (χ0n) is 18.5. The molecule has 1 aromatic heterocycles. The van der Waals surface area contributed by atoms with Gasteiger partial charge in [-0.2, -0.15) is 5.26 Å². The van der Waals surface area contributed by atoms with Gasteiger partial charge < -0.3 is 10.2 Å². The average molecular weight is 423 g/mol. The standard InChI is InChI=1S/C27H26N4O/c1-17-21(22-8-6-10-24(29)18(22)2)7-5-9-23(17)27-30-25-14-19(16-31-11-3-4-12-31)13-20(15-28)26(25)32-27/h5-10,13-14H,3-4,11-12,16,29H2,1-2H3. The molecule has 0 atom stereocenters. The summed E-state index contributed by atoms with van der Waals surface area (Å²) in [4.78, 5) is 7.22. The Morgan fingerprint density at radius 1 is 1.00 bits per heavy atom. The highest BCUT2D eigenvalue weighted by Crippen LogP contribution is 2.36. The fraction of sp³-hybridized carbons (Fsp3) is 0.259. The van der Waals surface area contributed by atoms with Gasteiger partial charge in [-0.25, -0.2) is 4.98 Å². The Balaban J connectivity index is 1.59. The van der Waals surface area contributed by atoms with Crippen molar-refractivity contribution in [2.75, 3.05) is 18.8 Å². The van der Waals surface area contributed by atoms with Gasteiger partial charge >= 0.3 is 0 Å². The van der Waals surface area contributed by atoms with Crippen molar-refractivity contribution in [2.24, 2.45) is 0 Å². The maximum Gasteiger partial charge on any atom is 0.227 e. The van der Waals surface area contributed by atoms with Crippen LogP contribution in [-0.4, -0.2) is 23.0 Å². The van der Waals surface area contributed by atoms with Crippen LogP contribution in [0.4, 0.5) is 5.69 Å². The summed E-state index contributed by atoms with van der Waals surface area (Å²) >= 11 is 0. The summed E-state index contributed by atoms with van der Waals surface area (Å²) in [5.41, 5.74) is 15.1. The fourth-order valence-corrected chi connectivity index (χ4v) is 4.68. The number of nitriles is 1. The van der Waals surface area contributed by atoms with Crippen LogP contribution < -0.4 is 5.73 Å². The fourth-order valence-electron chi connectivity index (χ4n) is 4.68. The van der Waals surface area contributed by atoms with Crippen molar-refractivity contribution in [3.05, 3.63) is 70.8 Å². The summed E-state index contributed by atoms with van der Waals surface area (Å²) < 4.78 is 6.15. The molecule has 32 heavy (non-hydrogen) atoms. The topological polar surface area (TPSA) is 79.1 Å². The molecule has 0 bridgehead atoms. The minimum Gasteiger partial charge on any atom is -0.435 e. The maximum atomic E-state index is 9.74. The van der Waals surface area contributed by atoms with E-state index in [0.717, 1.165) is 64.2 Å². The number of nitrogens with zero attached hydrogens (tertiary/aromatic N) is 3. The second kappa shape index (κ2) is 8.14. The first-order chi connectivity index (χ1) is 15.5.